The van der Waals surface area contributed by atoms with Crippen LogP contribution in [0.3, 0.4) is 0 Å². The highest BCUT2D eigenvalue weighted by atomic mass is 16.5. The molecule has 1 aliphatic carbocycles. The molecule has 0 aromatic carbocycles. The molecule has 1 N–H and O–H groups in total. The maximum absolute atomic E-state index is 5.18. The maximum Gasteiger partial charge on any atom is 0.322 e. The number of anilines is 2. The normalized spacial score (nSPS) is 15.9. The first-order valence-corrected chi connectivity index (χ1v) is 7.51. The third-order valence-corrected chi connectivity index (χ3v) is 3.76. The summed E-state index contributed by atoms with van der Waals surface area (Å²) in [6.45, 7) is 2.96. The minimum absolute atomic E-state index is 0.372. The molecule has 112 valence electrons. The number of ether oxygens (including phenoxy) is 1. The van der Waals surface area contributed by atoms with E-state index in [1.165, 1.54) is 32.1 Å². The number of nitrogens with one attached hydrogen (secondary N) is 1. The van der Waals surface area contributed by atoms with E-state index in [0.29, 0.717) is 23.9 Å². The first-order valence-electron chi connectivity index (χ1n) is 7.51. The van der Waals surface area contributed by atoms with E-state index >= 15 is 0 Å². The van der Waals surface area contributed by atoms with E-state index in [0.717, 1.165) is 13.0 Å². The van der Waals surface area contributed by atoms with Crippen molar-refractivity contribution in [2.24, 2.45) is 0 Å². The van der Waals surface area contributed by atoms with Gasteiger partial charge in [0.1, 0.15) is 0 Å². The zero-order valence-electron chi connectivity index (χ0n) is 12.7. The molecule has 1 aliphatic rings. The molecule has 0 radical (unpaired) electrons. The lowest BCUT2D eigenvalue weighted by atomic mass is 9.95. The van der Waals surface area contributed by atoms with Crippen molar-refractivity contribution in [2.45, 2.75) is 51.5 Å². The molecule has 1 heterocycles. The van der Waals surface area contributed by atoms with Crippen LogP contribution in [0.5, 0.6) is 6.01 Å². The van der Waals surface area contributed by atoms with E-state index in [1.807, 2.05) is 0 Å². The lowest BCUT2D eigenvalue weighted by Crippen LogP contribution is -2.34. The predicted octanol–water partition coefficient (Wildman–Crippen LogP) is 2.47. The van der Waals surface area contributed by atoms with E-state index in [1.54, 1.807) is 7.11 Å². The van der Waals surface area contributed by atoms with Gasteiger partial charge in [-0.25, -0.2) is 0 Å². The van der Waals surface area contributed by atoms with Gasteiger partial charge in [0.2, 0.25) is 11.9 Å². The molecule has 0 amide bonds. The molecule has 1 saturated carbocycles. The van der Waals surface area contributed by atoms with Gasteiger partial charge in [0, 0.05) is 19.6 Å². The molecule has 20 heavy (non-hydrogen) atoms. The second-order valence-corrected chi connectivity index (χ2v) is 5.28. The lowest BCUT2D eigenvalue weighted by molar-refractivity contribution is 0.376. The fourth-order valence-corrected chi connectivity index (χ4v) is 2.54. The lowest BCUT2D eigenvalue weighted by Gasteiger charge is -2.31. The van der Waals surface area contributed by atoms with Crippen molar-refractivity contribution in [3.8, 4) is 6.01 Å². The van der Waals surface area contributed by atoms with E-state index in [4.69, 9.17) is 4.74 Å². The van der Waals surface area contributed by atoms with E-state index < -0.39 is 0 Å². The van der Waals surface area contributed by atoms with Crippen LogP contribution in [0.2, 0.25) is 0 Å². The number of rotatable bonds is 6. The van der Waals surface area contributed by atoms with Gasteiger partial charge in [-0.15, -0.1) is 0 Å². The molecule has 0 aliphatic heterocycles. The summed E-state index contributed by atoms with van der Waals surface area (Å²) in [5.41, 5.74) is 0. The Morgan fingerprint density at radius 3 is 2.60 bits per heavy atom. The molecule has 1 fully saturated rings. The Balaban J connectivity index is 2.15. The van der Waals surface area contributed by atoms with Gasteiger partial charge in [-0.05, 0) is 19.3 Å². The van der Waals surface area contributed by atoms with Crippen LogP contribution in [-0.4, -0.2) is 41.7 Å². The van der Waals surface area contributed by atoms with Crippen LogP contribution in [0.4, 0.5) is 11.9 Å². The smallest absolute Gasteiger partial charge is 0.322 e. The van der Waals surface area contributed by atoms with Gasteiger partial charge >= 0.3 is 6.01 Å². The molecule has 0 saturated heterocycles. The van der Waals surface area contributed by atoms with Crippen LogP contribution in [-0.2, 0) is 0 Å². The summed E-state index contributed by atoms with van der Waals surface area (Å²) in [4.78, 5) is 15.3. The van der Waals surface area contributed by atoms with Crippen molar-refractivity contribution in [3.63, 3.8) is 0 Å². The largest absolute Gasteiger partial charge is 0.467 e. The van der Waals surface area contributed by atoms with Crippen LogP contribution < -0.4 is 15.0 Å². The van der Waals surface area contributed by atoms with Gasteiger partial charge in [-0.1, -0.05) is 26.2 Å². The molecule has 6 heteroatoms. The zero-order valence-corrected chi connectivity index (χ0v) is 12.7. The van der Waals surface area contributed by atoms with Crippen LogP contribution in [0.1, 0.15) is 45.4 Å². The van der Waals surface area contributed by atoms with E-state index in [-0.39, 0.29) is 0 Å². The molecule has 6 nitrogen and oxygen atoms in total. The van der Waals surface area contributed by atoms with Gasteiger partial charge in [-0.2, -0.15) is 15.0 Å². The Kier molecular flexibility index (Phi) is 5.38. The monoisotopic (exact) mass is 279 g/mol. The second kappa shape index (κ2) is 7.26. The van der Waals surface area contributed by atoms with Gasteiger partial charge in [-0.3, -0.25) is 0 Å². The van der Waals surface area contributed by atoms with Crippen molar-refractivity contribution in [3.05, 3.63) is 0 Å². The minimum Gasteiger partial charge on any atom is -0.467 e. The summed E-state index contributed by atoms with van der Waals surface area (Å²) >= 11 is 0. The summed E-state index contributed by atoms with van der Waals surface area (Å²) < 4.78 is 5.18. The summed E-state index contributed by atoms with van der Waals surface area (Å²) in [6, 6.07) is 0.895. The van der Waals surface area contributed by atoms with Crippen molar-refractivity contribution in [2.75, 3.05) is 30.9 Å². The summed E-state index contributed by atoms with van der Waals surface area (Å²) in [5.74, 6) is 1.29. The standard InChI is InChI=1S/C14H25N5O/c1-4-10-15-12-16-13(18-14(17-12)20-3)19(2)11-8-6-5-7-9-11/h11H,4-10H2,1-3H3,(H,15,16,17,18). The van der Waals surface area contributed by atoms with Crippen molar-refractivity contribution >= 4 is 11.9 Å². The third-order valence-electron chi connectivity index (χ3n) is 3.76. The SMILES string of the molecule is CCCNc1nc(OC)nc(N(C)C2CCCCC2)n1. The topological polar surface area (TPSA) is 63.2 Å². The number of aromatic nitrogens is 3. The molecular weight excluding hydrogens is 254 g/mol. The minimum atomic E-state index is 0.372. The number of hydrogen-bond donors (Lipinski definition) is 1. The van der Waals surface area contributed by atoms with Gasteiger partial charge in [0.05, 0.1) is 7.11 Å². The maximum atomic E-state index is 5.18. The van der Waals surface area contributed by atoms with Gasteiger partial charge < -0.3 is 15.0 Å². The molecule has 1 aromatic heterocycles. The molecule has 1 aromatic rings. The summed E-state index contributed by atoms with van der Waals surface area (Å²) in [5, 5.41) is 3.20. The molecule has 2 rings (SSSR count). The Morgan fingerprint density at radius 1 is 1.20 bits per heavy atom. The van der Waals surface area contributed by atoms with Crippen molar-refractivity contribution in [1.82, 2.24) is 15.0 Å². The molecule has 0 bridgehead atoms. The average Bonchev–Trinajstić information content (AvgIpc) is 2.52. The van der Waals surface area contributed by atoms with Crippen LogP contribution in [0.15, 0.2) is 0 Å². The average molecular weight is 279 g/mol. The fraction of sp³-hybridized carbons (Fsp3) is 0.786. The van der Waals surface area contributed by atoms with Gasteiger partial charge in [0.25, 0.3) is 0 Å². The number of methoxy groups -OCH3 is 1. The third kappa shape index (κ3) is 3.71. The van der Waals surface area contributed by atoms with E-state index in [2.05, 4.69) is 39.1 Å². The zero-order chi connectivity index (χ0) is 14.4. The Bertz CT molecular complexity index is 420. The summed E-state index contributed by atoms with van der Waals surface area (Å²) in [7, 11) is 3.65. The van der Waals surface area contributed by atoms with Crippen LogP contribution in [0, 0.1) is 0 Å². The van der Waals surface area contributed by atoms with Crippen LogP contribution >= 0.6 is 0 Å². The predicted molar refractivity (Wildman–Crippen MR) is 80.4 cm³/mol. The molecule has 0 atom stereocenters. The first kappa shape index (κ1) is 14.8. The van der Waals surface area contributed by atoms with Crippen LogP contribution in [0.25, 0.3) is 0 Å². The first-order chi connectivity index (χ1) is 9.74. The van der Waals surface area contributed by atoms with Crippen molar-refractivity contribution < 1.29 is 4.74 Å². The highest BCUT2D eigenvalue weighted by Crippen LogP contribution is 2.25. The number of nitrogens with zero attached hydrogens (tertiary/aromatic N) is 4. The van der Waals surface area contributed by atoms with Gasteiger partial charge in [0.15, 0.2) is 0 Å². The quantitative estimate of drug-likeness (QED) is 0.863. The molecule has 0 unspecified atom stereocenters. The highest BCUT2D eigenvalue weighted by Gasteiger charge is 2.21. The molecule has 0 spiro atoms. The fourth-order valence-electron chi connectivity index (χ4n) is 2.54. The molecular formula is C14H25N5O. The Labute approximate surface area is 121 Å². The Hall–Kier alpha value is -1.59. The summed E-state index contributed by atoms with van der Waals surface area (Å²) in [6.07, 6.45) is 7.37. The van der Waals surface area contributed by atoms with Crippen molar-refractivity contribution in [1.29, 1.82) is 0 Å². The highest BCUT2D eigenvalue weighted by molar-refractivity contribution is 5.38. The Morgan fingerprint density at radius 2 is 1.95 bits per heavy atom. The number of hydrogen-bond acceptors (Lipinski definition) is 6. The van der Waals surface area contributed by atoms with E-state index in [9.17, 15) is 0 Å². The second-order valence-electron chi connectivity index (χ2n) is 5.28.